The van der Waals surface area contributed by atoms with Gasteiger partial charge >= 0.3 is 0 Å². The summed E-state index contributed by atoms with van der Waals surface area (Å²) >= 11 is 0. The largest absolute Gasteiger partial charge is 0.492 e. The number of benzene rings is 1. The lowest BCUT2D eigenvalue weighted by molar-refractivity contribution is 0.202. The Bertz CT molecular complexity index is 300. The van der Waals surface area contributed by atoms with Gasteiger partial charge in [-0.15, -0.1) is 0 Å². The Kier molecular flexibility index (Phi) is 6.62. The smallest absolute Gasteiger partial charge is 0.119 e. The number of hydrogen-bond acceptors (Lipinski definition) is 4. The molecule has 0 saturated heterocycles. The van der Waals surface area contributed by atoms with E-state index < -0.39 is 0 Å². The predicted octanol–water partition coefficient (Wildman–Crippen LogP) is 0.964. The molecule has 4 heteroatoms. The molecule has 0 bridgehead atoms. The molecular formula is C13H21NO3. The lowest BCUT2D eigenvalue weighted by Gasteiger charge is -2.12. The van der Waals surface area contributed by atoms with Gasteiger partial charge in [-0.2, -0.15) is 0 Å². The second kappa shape index (κ2) is 8.06. The first kappa shape index (κ1) is 14.0. The van der Waals surface area contributed by atoms with Gasteiger partial charge < -0.3 is 20.3 Å². The Morgan fingerprint density at radius 3 is 2.59 bits per heavy atom. The van der Waals surface area contributed by atoms with Gasteiger partial charge in [-0.1, -0.05) is 12.1 Å². The first-order chi connectivity index (χ1) is 8.26. The molecule has 1 unspecified atom stereocenters. The van der Waals surface area contributed by atoms with E-state index in [1.807, 2.05) is 24.3 Å². The molecule has 96 valence electrons. The molecule has 4 nitrogen and oxygen atoms in total. The van der Waals surface area contributed by atoms with E-state index >= 15 is 0 Å². The number of ether oxygens (including phenoxy) is 2. The Morgan fingerprint density at radius 2 is 2.00 bits per heavy atom. The molecule has 1 atom stereocenters. The molecule has 0 aromatic heterocycles. The van der Waals surface area contributed by atoms with Crippen LogP contribution in [-0.2, 0) is 11.2 Å². The van der Waals surface area contributed by atoms with E-state index in [2.05, 4.69) is 0 Å². The summed E-state index contributed by atoms with van der Waals surface area (Å²) in [6.07, 6.45) is 1.47. The van der Waals surface area contributed by atoms with Crippen molar-refractivity contribution in [3.8, 4) is 5.75 Å². The van der Waals surface area contributed by atoms with Gasteiger partial charge in [0, 0.05) is 19.8 Å². The molecule has 0 aliphatic heterocycles. The van der Waals surface area contributed by atoms with Gasteiger partial charge in [0.05, 0.1) is 6.61 Å². The SMILES string of the molecule is COCCc1ccc(OCC(N)CCO)cc1. The summed E-state index contributed by atoms with van der Waals surface area (Å²) in [5.74, 6) is 0.805. The van der Waals surface area contributed by atoms with E-state index in [4.69, 9.17) is 20.3 Å². The molecule has 0 spiro atoms. The summed E-state index contributed by atoms with van der Waals surface area (Å²) < 4.78 is 10.5. The average Bonchev–Trinajstić information content (AvgIpc) is 2.35. The summed E-state index contributed by atoms with van der Waals surface area (Å²) in [5.41, 5.74) is 6.95. The monoisotopic (exact) mass is 239 g/mol. The molecule has 0 radical (unpaired) electrons. The number of hydrogen-bond donors (Lipinski definition) is 2. The predicted molar refractivity (Wildman–Crippen MR) is 67.2 cm³/mol. The molecule has 0 saturated carbocycles. The highest BCUT2D eigenvalue weighted by atomic mass is 16.5. The molecule has 1 aromatic rings. The third-order valence-electron chi connectivity index (χ3n) is 2.48. The maximum Gasteiger partial charge on any atom is 0.119 e. The van der Waals surface area contributed by atoms with Crippen molar-refractivity contribution < 1.29 is 14.6 Å². The number of nitrogens with two attached hydrogens (primary N) is 1. The molecule has 0 heterocycles. The molecule has 1 aromatic carbocycles. The van der Waals surface area contributed by atoms with E-state index in [1.165, 1.54) is 5.56 Å². The summed E-state index contributed by atoms with van der Waals surface area (Å²) in [5, 5.41) is 8.71. The minimum absolute atomic E-state index is 0.0977. The number of rotatable bonds is 8. The van der Waals surface area contributed by atoms with Crippen LogP contribution >= 0.6 is 0 Å². The Labute approximate surface area is 102 Å². The fourth-order valence-corrected chi connectivity index (χ4v) is 1.42. The molecule has 0 aliphatic rings. The third-order valence-corrected chi connectivity index (χ3v) is 2.48. The van der Waals surface area contributed by atoms with Gasteiger partial charge in [0.2, 0.25) is 0 Å². The van der Waals surface area contributed by atoms with Crippen LogP contribution in [0.25, 0.3) is 0 Å². The standard InChI is InChI=1S/C13H21NO3/c1-16-9-7-11-2-4-13(5-3-11)17-10-12(14)6-8-15/h2-5,12,15H,6-10,14H2,1H3. The zero-order chi connectivity index (χ0) is 12.5. The molecule has 0 aliphatic carbocycles. The molecule has 0 fully saturated rings. The van der Waals surface area contributed by atoms with Crippen molar-refractivity contribution in [3.63, 3.8) is 0 Å². The van der Waals surface area contributed by atoms with Gasteiger partial charge in [-0.05, 0) is 30.5 Å². The summed E-state index contributed by atoms with van der Waals surface area (Å²) in [6, 6.07) is 7.78. The van der Waals surface area contributed by atoms with Crippen molar-refractivity contribution in [2.75, 3.05) is 26.9 Å². The first-order valence-corrected chi connectivity index (χ1v) is 5.83. The molecular weight excluding hydrogens is 218 g/mol. The minimum Gasteiger partial charge on any atom is -0.492 e. The van der Waals surface area contributed by atoms with Crippen molar-refractivity contribution in [2.45, 2.75) is 18.9 Å². The molecule has 0 amide bonds. The summed E-state index contributed by atoms with van der Waals surface area (Å²) in [4.78, 5) is 0. The van der Waals surface area contributed by atoms with Gasteiger partial charge in [0.25, 0.3) is 0 Å². The quantitative estimate of drug-likeness (QED) is 0.709. The lowest BCUT2D eigenvalue weighted by atomic mass is 10.1. The fraction of sp³-hybridized carbons (Fsp3) is 0.538. The zero-order valence-corrected chi connectivity index (χ0v) is 10.3. The van der Waals surface area contributed by atoms with Gasteiger partial charge in [-0.3, -0.25) is 0 Å². The van der Waals surface area contributed by atoms with Crippen molar-refractivity contribution in [2.24, 2.45) is 5.73 Å². The fourth-order valence-electron chi connectivity index (χ4n) is 1.42. The second-order valence-electron chi connectivity index (χ2n) is 3.97. The highest BCUT2D eigenvalue weighted by Gasteiger charge is 2.02. The van der Waals surface area contributed by atoms with E-state index in [9.17, 15) is 0 Å². The highest BCUT2D eigenvalue weighted by Crippen LogP contribution is 2.13. The topological polar surface area (TPSA) is 64.7 Å². The van der Waals surface area contributed by atoms with Gasteiger partial charge in [0.1, 0.15) is 12.4 Å². The van der Waals surface area contributed by atoms with Crippen LogP contribution in [0.15, 0.2) is 24.3 Å². The van der Waals surface area contributed by atoms with Crippen molar-refractivity contribution in [1.29, 1.82) is 0 Å². The lowest BCUT2D eigenvalue weighted by Crippen LogP contribution is -2.28. The van der Waals surface area contributed by atoms with Crippen LogP contribution in [0.5, 0.6) is 5.75 Å². The Balaban J connectivity index is 2.34. The van der Waals surface area contributed by atoms with Crippen LogP contribution in [0.3, 0.4) is 0 Å². The molecule has 17 heavy (non-hydrogen) atoms. The number of aliphatic hydroxyl groups excluding tert-OH is 1. The summed E-state index contributed by atoms with van der Waals surface area (Å²) in [7, 11) is 1.69. The maximum absolute atomic E-state index is 8.71. The first-order valence-electron chi connectivity index (χ1n) is 5.83. The zero-order valence-electron chi connectivity index (χ0n) is 10.3. The maximum atomic E-state index is 8.71. The van der Waals surface area contributed by atoms with E-state index in [0.717, 1.165) is 18.8 Å². The van der Waals surface area contributed by atoms with Crippen molar-refractivity contribution in [3.05, 3.63) is 29.8 Å². The van der Waals surface area contributed by atoms with E-state index in [-0.39, 0.29) is 12.6 Å². The third kappa shape index (κ3) is 5.68. The second-order valence-corrected chi connectivity index (χ2v) is 3.97. The Hall–Kier alpha value is -1.10. The van der Waals surface area contributed by atoms with Crippen LogP contribution in [0.1, 0.15) is 12.0 Å². The number of methoxy groups -OCH3 is 1. The molecule has 3 N–H and O–H groups in total. The molecule has 1 rings (SSSR count). The van der Waals surface area contributed by atoms with Crippen LogP contribution in [-0.4, -0.2) is 38.1 Å². The number of aliphatic hydroxyl groups is 1. The van der Waals surface area contributed by atoms with Crippen molar-refractivity contribution in [1.82, 2.24) is 0 Å². The Morgan fingerprint density at radius 1 is 1.29 bits per heavy atom. The highest BCUT2D eigenvalue weighted by molar-refractivity contribution is 5.27. The van der Waals surface area contributed by atoms with Crippen LogP contribution in [0, 0.1) is 0 Å². The van der Waals surface area contributed by atoms with Crippen LogP contribution in [0.2, 0.25) is 0 Å². The average molecular weight is 239 g/mol. The van der Waals surface area contributed by atoms with Gasteiger partial charge in [-0.25, -0.2) is 0 Å². The van der Waals surface area contributed by atoms with E-state index in [1.54, 1.807) is 7.11 Å². The van der Waals surface area contributed by atoms with Gasteiger partial charge in [0.15, 0.2) is 0 Å². The van der Waals surface area contributed by atoms with Crippen molar-refractivity contribution >= 4 is 0 Å². The minimum atomic E-state index is -0.117. The van der Waals surface area contributed by atoms with E-state index in [0.29, 0.717) is 13.0 Å². The normalized spacial score (nSPS) is 12.4. The van der Waals surface area contributed by atoms with Crippen LogP contribution in [0.4, 0.5) is 0 Å². The van der Waals surface area contributed by atoms with Crippen LogP contribution < -0.4 is 10.5 Å². The summed E-state index contributed by atoms with van der Waals surface area (Å²) in [6.45, 7) is 1.25.